The van der Waals surface area contributed by atoms with Gasteiger partial charge in [-0.3, -0.25) is 9.59 Å². The first kappa shape index (κ1) is 21.4. The van der Waals surface area contributed by atoms with Crippen LogP contribution in [0.2, 0.25) is 0 Å². The second kappa shape index (κ2) is 9.86. The Hall–Kier alpha value is -2.91. The molecule has 2 N–H and O–H groups in total. The van der Waals surface area contributed by atoms with Crippen LogP contribution in [0.4, 0.5) is 5.69 Å². The van der Waals surface area contributed by atoms with E-state index in [4.69, 9.17) is 9.47 Å². The van der Waals surface area contributed by atoms with E-state index < -0.39 is 22.5 Å². The number of carbonyl (C=O) groups excluding carboxylic acids is 2. The monoisotopic (exact) mass is 406 g/mol. The first-order chi connectivity index (χ1) is 13.3. The molecule has 150 valence electrons. The molecule has 2 rings (SSSR count). The fourth-order valence-corrected chi connectivity index (χ4v) is 3.26. The summed E-state index contributed by atoms with van der Waals surface area (Å²) in [5.41, 5.74) is 1.16. The molecule has 1 amide bonds. The summed E-state index contributed by atoms with van der Waals surface area (Å²) in [6, 6.07) is 12.7. The summed E-state index contributed by atoms with van der Waals surface area (Å²) in [6.45, 7) is 3.14. The molecular weight excluding hydrogens is 384 g/mol. The van der Waals surface area contributed by atoms with E-state index in [1.54, 1.807) is 18.2 Å². The van der Waals surface area contributed by atoms with Crippen molar-refractivity contribution < 1.29 is 27.5 Å². The number of benzene rings is 2. The minimum Gasteiger partial charge on any atom is -0.493 e. The SMILES string of the molecule is CCOc1ccccc1COC(=O)CNS(=O)(=O)c1ccc(NC(C)=O)cc1. The predicted molar refractivity (Wildman–Crippen MR) is 103 cm³/mol. The first-order valence-corrected chi connectivity index (χ1v) is 10.0. The minimum atomic E-state index is -3.89. The van der Waals surface area contributed by atoms with Crippen molar-refractivity contribution in [2.45, 2.75) is 25.3 Å². The number of sulfonamides is 1. The lowest BCUT2D eigenvalue weighted by Crippen LogP contribution is -2.30. The highest BCUT2D eigenvalue weighted by Gasteiger charge is 2.16. The summed E-state index contributed by atoms with van der Waals surface area (Å²) >= 11 is 0. The summed E-state index contributed by atoms with van der Waals surface area (Å²) in [6.07, 6.45) is 0. The molecule has 0 unspecified atom stereocenters. The van der Waals surface area contributed by atoms with Crippen LogP contribution in [-0.2, 0) is 31.0 Å². The third kappa shape index (κ3) is 6.36. The van der Waals surface area contributed by atoms with Gasteiger partial charge < -0.3 is 14.8 Å². The van der Waals surface area contributed by atoms with Crippen molar-refractivity contribution in [1.82, 2.24) is 4.72 Å². The third-order valence-corrected chi connectivity index (χ3v) is 4.97. The molecule has 0 aliphatic heterocycles. The van der Waals surface area contributed by atoms with Crippen LogP contribution in [0, 0.1) is 0 Å². The topological polar surface area (TPSA) is 111 Å². The molecule has 0 spiro atoms. The Morgan fingerprint density at radius 2 is 1.71 bits per heavy atom. The molecule has 0 radical (unpaired) electrons. The summed E-state index contributed by atoms with van der Waals surface area (Å²) < 4.78 is 37.3. The molecule has 0 bridgehead atoms. The van der Waals surface area contributed by atoms with Crippen molar-refractivity contribution in [3.05, 3.63) is 54.1 Å². The van der Waals surface area contributed by atoms with E-state index in [9.17, 15) is 18.0 Å². The van der Waals surface area contributed by atoms with Gasteiger partial charge in [0.2, 0.25) is 15.9 Å². The van der Waals surface area contributed by atoms with Crippen molar-refractivity contribution in [3.8, 4) is 5.75 Å². The Balaban J connectivity index is 1.90. The summed E-state index contributed by atoms with van der Waals surface area (Å²) in [4.78, 5) is 22.9. The molecule has 2 aromatic rings. The predicted octanol–water partition coefficient (Wildman–Crippen LogP) is 2.07. The Morgan fingerprint density at radius 3 is 2.36 bits per heavy atom. The number of hydrogen-bond donors (Lipinski definition) is 2. The number of hydrogen-bond acceptors (Lipinski definition) is 6. The molecule has 2 aromatic carbocycles. The Labute approximate surface area is 163 Å². The molecular formula is C19H22N2O6S. The van der Waals surface area contributed by atoms with Gasteiger partial charge in [-0.2, -0.15) is 4.72 Å². The van der Waals surface area contributed by atoms with Crippen molar-refractivity contribution >= 4 is 27.6 Å². The standard InChI is InChI=1S/C19H22N2O6S/c1-3-26-18-7-5-4-6-15(18)13-27-19(23)12-20-28(24,25)17-10-8-16(9-11-17)21-14(2)22/h4-11,20H,3,12-13H2,1-2H3,(H,21,22). The van der Waals surface area contributed by atoms with Crippen LogP contribution in [0.1, 0.15) is 19.4 Å². The maximum atomic E-state index is 12.3. The van der Waals surface area contributed by atoms with Crippen molar-refractivity contribution in [2.24, 2.45) is 0 Å². The van der Waals surface area contributed by atoms with E-state index in [2.05, 4.69) is 10.0 Å². The quantitative estimate of drug-likeness (QED) is 0.617. The Morgan fingerprint density at radius 1 is 1.04 bits per heavy atom. The lowest BCUT2D eigenvalue weighted by Gasteiger charge is -2.11. The van der Waals surface area contributed by atoms with Crippen molar-refractivity contribution in [3.63, 3.8) is 0 Å². The van der Waals surface area contributed by atoms with Gasteiger partial charge in [0.25, 0.3) is 0 Å². The van der Waals surface area contributed by atoms with E-state index in [0.29, 0.717) is 23.6 Å². The molecule has 28 heavy (non-hydrogen) atoms. The Kier molecular flexibility index (Phi) is 7.53. The van der Waals surface area contributed by atoms with Gasteiger partial charge in [0, 0.05) is 18.2 Å². The molecule has 0 aliphatic rings. The zero-order valence-corrected chi connectivity index (χ0v) is 16.4. The van der Waals surface area contributed by atoms with Gasteiger partial charge in [-0.1, -0.05) is 18.2 Å². The van der Waals surface area contributed by atoms with Gasteiger partial charge >= 0.3 is 5.97 Å². The average Bonchev–Trinajstić information content (AvgIpc) is 2.66. The smallest absolute Gasteiger partial charge is 0.321 e. The van der Waals surface area contributed by atoms with Gasteiger partial charge in [0.1, 0.15) is 18.9 Å². The molecule has 0 saturated heterocycles. The maximum absolute atomic E-state index is 12.3. The van der Waals surface area contributed by atoms with E-state index in [1.165, 1.54) is 31.2 Å². The van der Waals surface area contributed by atoms with Gasteiger partial charge in [-0.15, -0.1) is 0 Å². The maximum Gasteiger partial charge on any atom is 0.321 e. The van der Waals surface area contributed by atoms with Crippen LogP contribution in [-0.4, -0.2) is 33.4 Å². The van der Waals surface area contributed by atoms with E-state index in [1.807, 2.05) is 13.0 Å². The van der Waals surface area contributed by atoms with Crippen LogP contribution in [0.15, 0.2) is 53.4 Å². The van der Waals surface area contributed by atoms with E-state index in [0.717, 1.165) is 0 Å². The molecule has 0 saturated carbocycles. The second-order valence-corrected chi connectivity index (χ2v) is 7.50. The van der Waals surface area contributed by atoms with Crippen molar-refractivity contribution in [2.75, 3.05) is 18.5 Å². The number of anilines is 1. The van der Waals surface area contributed by atoms with Gasteiger partial charge in [-0.25, -0.2) is 8.42 Å². The fraction of sp³-hybridized carbons (Fsp3) is 0.263. The molecule has 0 fully saturated rings. The van der Waals surface area contributed by atoms with Crippen LogP contribution in [0.3, 0.4) is 0 Å². The van der Waals surface area contributed by atoms with Crippen LogP contribution in [0.5, 0.6) is 5.75 Å². The van der Waals surface area contributed by atoms with E-state index in [-0.39, 0.29) is 17.4 Å². The number of nitrogens with one attached hydrogen (secondary N) is 2. The highest BCUT2D eigenvalue weighted by atomic mass is 32.2. The third-order valence-electron chi connectivity index (χ3n) is 3.55. The zero-order chi connectivity index (χ0) is 20.6. The van der Waals surface area contributed by atoms with Gasteiger partial charge in [0.15, 0.2) is 0 Å². The molecule has 8 nitrogen and oxygen atoms in total. The molecule has 0 aromatic heterocycles. The first-order valence-electron chi connectivity index (χ1n) is 8.55. The largest absolute Gasteiger partial charge is 0.493 e. The minimum absolute atomic E-state index is 0.0256. The summed E-state index contributed by atoms with van der Waals surface area (Å²) in [7, 11) is -3.89. The lowest BCUT2D eigenvalue weighted by atomic mass is 10.2. The highest BCUT2D eigenvalue weighted by Crippen LogP contribution is 2.19. The highest BCUT2D eigenvalue weighted by molar-refractivity contribution is 7.89. The summed E-state index contributed by atoms with van der Waals surface area (Å²) in [5.74, 6) is -0.371. The number of rotatable bonds is 9. The number of carbonyl (C=O) groups is 2. The molecule has 0 heterocycles. The summed E-state index contributed by atoms with van der Waals surface area (Å²) in [5, 5.41) is 2.54. The number of ether oxygens (including phenoxy) is 2. The van der Waals surface area contributed by atoms with Crippen LogP contribution in [0.25, 0.3) is 0 Å². The van der Waals surface area contributed by atoms with Gasteiger partial charge in [0.05, 0.1) is 11.5 Å². The van der Waals surface area contributed by atoms with Crippen LogP contribution < -0.4 is 14.8 Å². The lowest BCUT2D eigenvalue weighted by molar-refractivity contribution is -0.143. The molecule has 9 heteroatoms. The van der Waals surface area contributed by atoms with Crippen LogP contribution >= 0.6 is 0 Å². The molecule has 0 atom stereocenters. The van der Waals surface area contributed by atoms with E-state index >= 15 is 0 Å². The number of esters is 1. The number of para-hydroxylation sites is 1. The number of amides is 1. The normalized spacial score (nSPS) is 10.9. The molecule has 0 aliphatic carbocycles. The van der Waals surface area contributed by atoms with Gasteiger partial charge in [-0.05, 0) is 37.3 Å². The zero-order valence-electron chi connectivity index (χ0n) is 15.6. The average molecular weight is 406 g/mol. The van der Waals surface area contributed by atoms with Crippen molar-refractivity contribution in [1.29, 1.82) is 0 Å². The Bertz CT molecular complexity index is 926. The second-order valence-electron chi connectivity index (χ2n) is 5.73. The fourth-order valence-electron chi connectivity index (χ4n) is 2.29.